The Kier molecular flexibility index (Phi) is 9.16. The van der Waals surface area contributed by atoms with Gasteiger partial charge in [-0.05, 0) is 61.7 Å². The molecule has 0 heterocycles. The van der Waals surface area contributed by atoms with Crippen LogP contribution in [0.3, 0.4) is 0 Å². The van der Waals surface area contributed by atoms with E-state index >= 15 is 0 Å². The average Bonchev–Trinajstić information content (AvgIpc) is 2.90. The lowest BCUT2D eigenvalue weighted by Crippen LogP contribution is -2.32. The molecule has 3 rings (SSSR count). The van der Waals surface area contributed by atoms with E-state index in [4.69, 9.17) is 9.47 Å². The molecule has 3 aromatic carbocycles. The van der Waals surface area contributed by atoms with Gasteiger partial charge in [0.1, 0.15) is 6.61 Å². The van der Waals surface area contributed by atoms with Crippen molar-refractivity contribution in [3.8, 4) is 0 Å². The van der Waals surface area contributed by atoms with E-state index in [-0.39, 0.29) is 25.6 Å². The third kappa shape index (κ3) is 8.61. The van der Waals surface area contributed by atoms with Crippen LogP contribution in [0.15, 0.2) is 78.9 Å². The zero-order chi connectivity index (χ0) is 26.8. The standard InChI is InChI=1S/C29H30N2O6/c1-29(2,3)27(34)37-28(35)31-18-21-9-13-23(14-10-21)25(32)30-17-20-11-15-24(16-12-20)26(33)36-19-22-7-5-4-6-8-22/h4-16H,17-19H2,1-3H3,(H,30,32)(H,31,35). The Labute approximate surface area is 216 Å². The molecule has 0 spiro atoms. The van der Waals surface area contributed by atoms with E-state index < -0.39 is 23.4 Å². The van der Waals surface area contributed by atoms with Crippen LogP contribution < -0.4 is 10.6 Å². The Morgan fingerprint density at radius 1 is 0.676 bits per heavy atom. The fourth-order valence-electron chi connectivity index (χ4n) is 3.07. The Morgan fingerprint density at radius 2 is 1.22 bits per heavy atom. The molecule has 2 N–H and O–H groups in total. The molecule has 0 aliphatic rings. The molecule has 0 saturated heterocycles. The van der Waals surface area contributed by atoms with Gasteiger partial charge in [-0.1, -0.05) is 54.6 Å². The Bertz CT molecular complexity index is 1230. The number of benzene rings is 3. The van der Waals surface area contributed by atoms with E-state index in [2.05, 4.69) is 10.6 Å². The lowest BCUT2D eigenvalue weighted by molar-refractivity contribution is -0.146. The van der Waals surface area contributed by atoms with E-state index in [1.807, 2.05) is 30.3 Å². The second-order valence-corrected chi connectivity index (χ2v) is 9.42. The molecule has 8 heteroatoms. The summed E-state index contributed by atoms with van der Waals surface area (Å²) in [5, 5.41) is 5.34. The number of hydrogen-bond acceptors (Lipinski definition) is 6. The van der Waals surface area contributed by atoms with Gasteiger partial charge in [-0.2, -0.15) is 0 Å². The van der Waals surface area contributed by atoms with Crippen molar-refractivity contribution in [3.05, 3.63) is 107 Å². The molecule has 0 unspecified atom stereocenters. The zero-order valence-corrected chi connectivity index (χ0v) is 21.1. The Balaban J connectivity index is 1.43. The fourth-order valence-corrected chi connectivity index (χ4v) is 3.07. The Morgan fingerprint density at radius 3 is 1.78 bits per heavy atom. The number of rotatable bonds is 8. The number of hydrogen-bond donors (Lipinski definition) is 2. The van der Waals surface area contributed by atoms with Crippen LogP contribution in [0, 0.1) is 5.41 Å². The number of ether oxygens (including phenoxy) is 2. The largest absolute Gasteiger partial charge is 0.457 e. The van der Waals surface area contributed by atoms with Gasteiger partial charge >= 0.3 is 18.0 Å². The van der Waals surface area contributed by atoms with Gasteiger partial charge in [0.2, 0.25) is 0 Å². The van der Waals surface area contributed by atoms with Crippen molar-refractivity contribution in [2.45, 2.75) is 40.5 Å². The maximum Gasteiger partial charge on any atom is 0.415 e. The predicted octanol–water partition coefficient (Wildman–Crippen LogP) is 4.77. The van der Waals surface area contributed by atoms with E-state index in [0.717, 1.165) is 16.7 Å². The number of esters is 2. The molecule has 2 amide bonds. The molecular weight excluding hydrogens is 472 g/mol. The predicted molar refractivity (Wildman–Crippen MR) is 137 cm³/mol. The first-order valence-corrected chi connectivity index (χ1v) is 11.8. The summed E-state index contributed by atoms with van der Waals surface area (Å²) in [6.07, 6.45) is -0.822. The van der Waals surface area contributed by atoms with Crippen molar-refractivity contribution in [1.29, 1.82) is 0 Å². The summed E-state index contributed by atoms with van der Waals surface area (Å²) in [4.78, 5) is 48.3. The highest BCUT2D eigenvalue weighted by Gasteiger charge is 2.25. The van der Waals surface area contributed by atoms with Crippen molar-refractivity contribution >= 4 is 23.9 Å². The van der Waals surface area contributed by atoms with Crippen molar-refractivity contribution in [2.75, 3.05) is 0 Å². The summed E-state index contributed by atoms with van der Waals surface area (Å²) in [5.41, 5.74) is 2.60. The van der Waals surface area contributed by atoms with Crippen LogP contribution in [0.4, 0.5) is 4.79 Å². The normalized spacial score (nSPS) is 10.8. The molecular formula is C29H30N2O6. The van der Waals surface area contributed by atoms with Crippen molar-refractivity contribution in [2.24, 2.45) is 5.41 Å². The van der Waals surface area contributed by atoms with Gasteiger partial charge in [-0.15, -0.1) is 0 Å². The molecule has 0 aliphatic carbocycles. The number of carbonyl (C=O) groups is 4. The van der Waals surface area contributed by atoms with Crippen LogP contribution in [0.2, 0.25) is 0 Å². The van der Waals surface area contributed by atoms with Crippen molar-refractivity contribution in [3.63, 3.8) is 0 Å². The highest BCUT2D eigenvalue weighted by molar-refractivity contribution is 5.94. The van der Waals surface area contributed by atoms with E-state index in [1.165, 1.54) is 0 Å². The van der Waals surface area contributed by atoms with Gasteiger partial charge < -0.3 is 20.1 Å². The second kappa shape index (κ2) is 12.5. The van der Waals surface area contributed by atoms with Crippen molar-refractivity contribution in [1.82, 2.24) is 10.6 Å². The molecule has 0 bridgehead atoms. The highest BCUT2D eigenvalue weighted by Crippen LogP contribution is 2.15. The van der Waals surface area contributed by atoms with Crippen molar-refractivity contribution < 1.29 is 28.7 Å². The molecule has 0 saturated carbocycles. The van der Waals surface area contributed by atoms with Crippen LogP contribution in [0.5, 0.6) is 0 Å². The van der Waals surface area contributed by atoms with Crippen LogP contribution in [0.25, 0.3) is 0 Å². The molecule has 192 valence electrons. The summed E-state index contributed by atoms with van der Waals surface area (Å²) in [7, 11) is 0. The smallest absolute Gasteiger partial charge is 0.415 e. The topological polar surface area (TPSA) is 111 Å². The van der Waals surface area contributed by atoms with Gasteiger partial charge in [0.05, 0.1) is 11.0 Å². The quantitative estimate of drug-likeness (QED) is 0.339. The number of nitrogens with one attached hydrogen (secondary N) is 2. The number of alkyl carbamates (subject to hydrolysis) is 1. The van der Waals surface area contributed by atoms with Crippen LogP contribution in [-0.4, -0.2) is 23.9 Å². The molecule has 0 aliphatic heterocycles. The molecule has 0 radical (unpaired) electrons. The molecule has 0 atom stereocenters. The lowest BCUT2D eigenvalue weighted by atomic mass is 9.98. The molecule has 8 nitrogen and oxygen atoms in total. The van der Waals surface area contributed by atoms with Crippen LogP contribution in [0.1, 0.15) is 58.2 Å². The van der Waals surface area contributed by atoms with Gasteiger partial charge in [-0.25, -0.2) is 9.59 Å². The molecule has 37 heavy (non-hydrogen) atoms. The highest BCUT2D eigenvalue weighted by atomic mass is 16.6. The van der Waals surface area contributed by atoms with Gasteiger partial charge in [0, 0.05) is 18.7 Å². The summed E-state index contributed by atoms with van der Waals surface area (Å²) in [6.45, 7) is 5.61. The van der Waals surface area contributed by atoms with Gasteiger partial charge in [0.25, 0.3) is 5.91 Å². The minimum Gasteiger partial charge on any atom is -0.457 e. The van der Waals surface area contributed by atoms with E-state index in [1.54, 1.807) is 69.3 Å². The monoisotopic (exact) mass is 502 g/mol. The lowest BCUT2D eigenvalue weighted by Gasteiger charge is -2.15. The summed E-state index contributed by atoms with van der Waals surface area (Å²) >= 11 is 0. The second-order valence-electron chi connectivity index (χ2n) is 9.42. The number of carbonyl (C=O) groups excluding carboxylic acids is 4. The minimum absolute atomic E-state index is 0.151. The van der Waals surface area contributed by atoms with E-state index in [9.17, 15) is 19.2 Å². The first-order chi connectivity index (χ1) is 17.6. The van der Waals surface area contributed by atoms with Gasteiger partial charge in [-0.3, -0.25) is 9.59 Å². The average molecular weight is 503 g/mol. The fraction of sp³-hybridized carbons (Fsp3) is 0.241. The Hall–Kier alpha value is -4.46. The minimum atomic E-state index is -0.822. The first-order valence-electron chi connectivity index (χ1n) is 11.8. The zero-order valence-electron chi connectivity index (χ0n) is 21.1. The third-order valence-electron chi connectivity index (χ3n) is 5.31. The van der Waals surface area contributed by atoms with Crippen LogP contribution in [-0.2, 0) is 34.0 Å². The van der Waals surface area contributed by atoms with Gasteiger partial charge in [0.15, 0.2) is 0 Å². The van der Waals surface area contributed by atoms with E-state index in [0.29, 0.717) is 11.1 Å². The molecule has 0 fully saturated rings. The molecule has 3 aromatic rings. The molecule has 0 aromatic heterocycles. The number of amides is 2. The summed E-state index contributed by atoms with van der Waals surface area (Å²) < 4.78 is 10.1. The summed E-state index contributed by atoms with van der Waals surface area (Å²) in [6, 6.07) is 23.0. The maximum absolute atomic E-state index is 12.5. The van der Waals surface area contributed by atoms with Crippen LogP contribution >= 0.6 is 0 Å². The SMILES string of the molecule is CC(C)(C)C(=O)OC(=O)NCc1ccc(C(=O)NCc2ccc(C(=O)OCc3ccccc3)cc2)cc1. The summed E-state index contributed by atoms with van der Waals surface area (Å²) in [5.74, 6) is -1.29. The first kappa shape index (κ1) is 27.1. The third-order valence-corrected chi connectivity index (χ3v) is 5.31. The maximum atomic E-state index is 12.5.